The second kappa shape index (κ2) is 9.93. The van der Waals surface area contributed by atoms with Crippen LogP contribution < -0.4 is 10.6 Å². The number of nitrogens with zero attached hydrogens (tertiary/aromatic N) is 1. The molecule has 0 aromatic heterocycles. The number of hydrogen-bond donors (Lipinski definition) is 3. The molecule has 0 aliphatic carbocycles. The molecule has 146 valence electrons. The highest BCUT2D eigenvalue weighted by atomic mass is 16.3. The van der Waals surface area contributed by atoms with Gasteiger partial charge in [-0.1, -0.05) is 39.8 Å². The van der Waals surface area contributed by atoms with E-state index in [1.54, 1.807) is 0 Å². The van der Waals surface area contributed by atoms with Crippen molar-refractivity contribution in [2.24, 2.45) is 5.92 Å². The Morgan fingerprint density at radius 3 is 2.46 bits per heavy atom. The van der Waals surface area contributed by atoms with Gasteiger partial charge in [0.15, 0.2) is 0 Å². The lowest BCUT2D eigenvalue weighted by Gasteiger charge is -2.31. The topological polar surface area (TPSA) is 64.6 Å². The number of anilines is 1. The fourth-order valence-electron chi connectivity index (χ4n) is 3.49. The van der Waals surface area contributed by atoms with Crippen LogP contribution in [-0.2, 0) is 0 Å². The zero-order valence-corrected chi connectivity index (χ0v) is 16.7. The number of β-amino-alcohol motifs (C(OH)–C–C–N with tert-alkyl or cyclic N) is 1. The van der Waals surface area contributed by atoms with E-state index in [0.29, 0.717) is 24.3 Å². The Kier molecular flexibility index (Phi) is 7.91. The maximum absolute atomic E-state index is 12.3. The van der Waals surface area contributed by atoms with Gasteiger partial charge in [0.1, 0.15) is 0 Å². The van der Waals surface area contributed by atoms with E-state index < -0.39 is 0 Å². The zero-order chi connectivity index (χ0) is 19.1. The second-order valence-electron chi connectivity index (χ2n) is 8.00. The van der Waals surface area contributed by atoms with Crippen LogP contribution in [-0.4, -0.2) is 48.8 Å². The van der Waals surface area contributed by atoms with Crippen molar-refractivity contribution in [2.75, 3.05) is 38.1 Å². The maximum Gasteiger partial charge on any atom is 0.319 e. The Bertz CT molecular complexity index is 579. The van der Waals surface area contributed by atoms with E-state index in [1.165, 1.54) is 11.1 Å². The summed E-state index contributed by atoms with van der Waals surface area (Å²) in [7, 11) is 0. The van der Waals surface area contributed by atoms with Crippen molar-refractivity contribution in [3.63, 3.8) is 0 Å². The number of nitrogens with one attached hydrogen (secondary N) is 2. The Balaban J connectivity index is 1.86. The van der Waals surface area contributed by atoms with E-state index in [-0.39, 0.29) is 12.6 Å². The van der Waals surface area contributed by atoms with Gasteiger partial charge in [0.25, 0.3) is 0 Å². The number of hydrogen-bond acceptors (Lipinski definition) is 3. The summed E-state index contributed by atoms with van der Waals surface area (Å²) < 4.78 is 0. The summed E-state index contributed by atoms with van der Waals surface area (Å²) in [6.07, 6.45) is 2.14. The van der Waals surface area contributed by atoms with Gasteiger partial charge in [0, 0.05) is 18.8 Å². The summed E-state index contributed by atoms with van der Waals surface area (Å²) in [6.45, 7) is 12.4. The average molecular weight is 362 g/mol. The minimum Gasteiger partial charge on any atom is -0.395 e. The second-order valence-corrected chi connectivity index (χ2v) is 8.00. The minimum atomic E-state index is -0.123. The lowest BCUT2D eigenvalue weighted by atomic mass is 9.94. The quantitative estimate of drug-likeness (QED) is 0.693. The molecule has 0 spiro atoms. The molecule has 3 N–H and O–H groups in total. The molecule has 1 saturated heterocycles. The molecule has 2 rings (SSSR count). The molecule has 1 aliphatic heterocycles. The summed E-state index contributed by atoms with van der Waals surface area (Å²) in [5, 5.41) is 15.1. The Morgan fingerprint density at radius 1 is 1.19 bits per heavy atom. The van der Waals surface area contributed by atoms with Crippen molar-refractivity contribution in [3.05, 3.63) is 29.3 Å². The van der Waals surface area contributed by atoms with Crippen molar-refractivity contribution in [1.29, 1.82) is 0 Å². The highest BCUT2D eigenvalue weighted by Gasteiger charge is 2.19. The van der Waals surface area contributed by atoms with Gasteiger partial charge in [-0.05, 0) is 60.9 Å². The van der Waals surface area contributed by atoms with Crippen LogP contribution in [0.1, 0.15) is 63.5 Å². The van der Waals surface area contributed by atoms with Crippen molar-refractivity contribution >= 4 is 11.7 Å². The molecule has 0 unspecified atom stereocenters. The van der Waals surface area contributed by atoms with Crippen LogP contribution in [0, 0.1) is 5.92 Å². The number of likely N-dealkylation sites (tertiary alicyclic amines) is 1. The highest BCUT2D eigenvalue weighted by molar-refractivity contribution is 5.90. The van der Waals surface area contributed by atoms with Crippen LogP contribution in [0.5, 0.6) is 0 Å². The van der Waals surface area contributed by atoms with E-state index >= 15 is 0 Å². The number of amides is 2. The van der Waals surface area contributed by atoms with Gasteiger partial charge in [-0.3, -0.25) is 0 Å². The van der Waals surface area contributed by atoms with Crippen LogP contribution in [0.3, 0.4) is 0 Å². The van der Waals surface area contributed by atoms with E-state index in [1.807, 2.05) is 6.07 Å². The molecule has 0 bridgehead atoms. The van der Waals surface area contributed by atoms with E-state index in [4.69, 9.17) is 5.11 Å². The molecular weight excluding hydrogens is 326 g/mol. The number of aliphatic hydroxyl groups excluding tert-OH is 1. The molecule has 2 amide bonds. The van der Waals surface area contributed by atoms with E-state index in [9.17, 15) is 4.79 Å². The predicted molar refractivity (Wildman–Crippen MR) is 108 cm³/mol. The summed E-state index contributed by atoms with van der Waals surface area (Å²) >= 11 is 0. The summed E-state index contributed by atoms with van der Waals surface area (Å²) in [5.74, 6) is 1.36. The number of benzene rings is 1. The number of piperidine rings is 1. The molecule has 5 heteroatoms. The van der Waals surface area contributed by atoms with Gasteiger partial charge in [-0.25, -0.2) is 4.79 Å². The van der Waals surface area contributed by atoms with Gasteiger partial charge in [-0.15, -0.1) is 0 Å². The van der Waals surface area contributed by atoms with Crippen molar-refractivity contribution in [1.82, 2.24) is 10.2 Å². The molecule has 1 aliphatic rings. The molecule has 0 atom stereocenters. The maximum atomic E-state index is 12.3. The summed E-state index contributed by atoms with van der Waals surface area (Å²) in [4.78, 5) is 14.6. The number of rotatable bonds is 7. The standard InChI is InChI=1S/C21H35N3O2/c1-15(2)18-5-6-20(19(13-18)16(3)4)23-21(26)22-14-17-7-9-24(10-8-17)11-12-25/h5-6,13,15-17,25H,7-12,14H2,1-4H3,(H2,22,23,26). The van der Waals surface area contributed by atoms with Crippen LogP contribution >= 0.6 is 0 Å². The van der Waals surface area contributed by atoms with Crippen molar-refractivity contribution < 1.29 is 9.90 Å². The Hall–Kier alpha value is -1.59. The third kappa shape index (κ3) is 5.99. The minimum absolute atomic E-state index is 0.123. The summed E-state index contributed by atoms with van der Waals surface area (Å²) in [6, 6.07) is 6.21. The van der Waals surface area contributed by atoms with Crippen LogP contribution in [0.4, 0.5) is 10.5 Å². The van der Waals surface area contributed by atoms with Gasteiger partial charge in [-0.2, -0.15) is 0 Å². The lowest BCUT2D eigenvalue weighted by molar-refractivity contribution is 0.147. The van der Waals surface area contributed by atoms with Gasteiger partial charge in [0.05, 0.1) is 6.61 Å². The Labute approximate surface area is 158 Å². The molecule has 1 heterocycles. The van der Waals surface area contributed by atoms with Crippen LogP contribution in [0.25, 0.3) is 0 Å². The Morgan fingerprint density at radius 2 is 1.88 bits per heavy atom. The lowest BCUT2D eigenvalue weighted by Crippen LogP contribution is -2.40. The fraction of sp³-hybridized carbons (Fsp3) is 0.667. The third-order valence-electron chi connectivity index (χ3n) is 5.29. The first-order chi connectivity index (χ1) is 12.4. The molecule has 1 aromatic rings. The zero-order valence-electron chi connectivity index (χ0n) is 16.7. The van der Waals surface area contributed by atoms with Gasteiger partial charge in [0.2, 0.25) is 0 Å². The molecule has 0 saturated carbocycles. The largest absolute Gasteiger partial charge is 0.395 e. The summed E-state index contributed by atoms with van der Waals surface area (Å²) in [5.41, 5.74) is 3.39. The molecule has 26 heavy (non-hydrogen) atoms. The first-order valence-electron chi connectivity index (χ1n) is 9.92. The average Bonchev–Trinajstić information content (AvgIpc) is 2.61. The molecule has 1 aromatic carbocycles. The van der Waals surface area contributed by atoms with Crippen LogP contribution in [0.15, 0.2) is 18.2 Å². The van der Waals surface area contributed by atoms with Gasteiger partial charge >= 0.3 is 6.03 Å². The first kappa shape index (κ1) is 20.7. The third-order valence-corrected chi connectivity index (χ3v) is 5.29. The van der Waals surface area contributed by atoms with Crippen LogP contribution in [0.2, 0.25) is 0 Å². The van der Waals surface area contributed by atoms with Crippen molar-refractivity contribution in [3.8, 4) is 0 Å². The van der Waals surface area contributed by atoms with Gasteiger partial charge < -0.3 is 20.6 Å². The predicted octanol–water partition coefficient (Wildman–Crippen LogP) is 3.76. The molecular formula is C21H35N3O2. The number of urea groups is 1. The SMILES string of the molecule is CC(C)c1ccc(NC(=O)NCC2CCN(CCO)CC2)c(C(C)C)c1. The highest BCUT2D eigenvalue weighted by Crippen LogP contribution is 2.28. The number of aliphatic hydroxyl groups is 1. The normalized spacial score (nSPS) is 16.3. The van der Waals surface area contributed by atoms with Crippen molar-refractivity contribution in [2.45, 2.75) is 52.4 Å². The first-order valence-corrected chi connectivity index (χ1v) is 9.92. The smallest absolute Gasteiger partial charge is 0.319 e. The van der Waals surface area contributed by atoms with E-state index in [0.717, 1.165) is 38.2 Å². The monoisotopic (exact) mass is 361 g/mol. The molecule has 0 radical (unpaired) electrons. The molecule has 1 fully saturated rings. The fourth-order valence-corrected chi connectivity index (χ4v) is 3.49. The van der Waals surface area contributed by atoms with E-state index in [2.05, 4.69) is 55.4 Å². The molecule has 5 nitrogen and oxygen atoms in total. The number of carbonyl (C=O) groups is 1. The number of carbonyl (C=O) groups excluding carboxylic acids is 1.